The van der Waals surface area contributed by atoms with Gasteiger partial charge in [-0.2, -0.15) is 0 Å². The molecule has 2 N–H and O–H groups in total. The van der Waals surface area contributed by atoms with Crippen LogP contribution in [0.5, 0.6) is 0 Å². The number of ether oxygens (including phenoxy) is 1. The van der Waals surface area contributed by atoms with Gasteiger partial charge in [0.2, 0.25) is 0 Å². The Labute approximate surface area is 87.3 Å². The standard InChI is InChI=1S/C6H15N.C5H8O2/c1-4-5-6(2,3)7;1-3-5(6)7-4-2/h4-5,7H2,1-3H3;3H,1,4H2,2H3. The van der Waals surface area contributed by atoms with Crippen LogP contribution in [0.25, 0.3) is 0 Å². The molecular formula is C11H23NO2. The van der Waals surface area contributed by atoms with Crippen molar-refractivity contribution in [3.05, 3.63) is 12.7 Å². The summed E-state index contributed by atoms with van der Waals surface area (Å²) in [4.78, 5) is 10.1. The van der Waals surface area contributed by atoms with E-state index in [1.54, 1.807) is 6.92 Å². The molecule has 0 aliphatic rings. The van der Waals surface area contributed by atoms with E-state index in [4.69, 9.17) is 5.73 Å². The molecule has 0 fully saturated rings. The molecule has 0 unspecified atom stereocenters. The van der Waals surface area contributed by atoms with Crippen LogP contribution in [0.2, 0.25) is 0 Å². The highest BCUT2D eigenvalue weighted by atomic mass is 16.5. The van der Waals surface area contributed by atoms with E-state index in [2.05, 4.69) is 32.1 Å². The summed E-state index contributed by atoms with van der Waals surface area (Å²) in [7, 11) is 0. The summed E-state index contributed by atoms with van der Waals surface area (Å²) in [6.07, 6.45) is 3.44. The summed E-state index contributed by atoms with van der Waals surface area (Å²) in [5, 5.41) is 0. The van der Waals surface area contributed by atoms with Crippen LogP contribution in [-0.2, 0) is 9.53 Å². The summed E-state index contributed by atoms with van der Waals surface area (Å²) in [6.45, 7) is 11.6. The predicted molar refractivity (Wildman–Crippen MR) is 60.0 cm³/mol. The zero-order valence-electron chi connectivity index (χ0n) is 9.80. The average Bonchev–Trinajstić information content (AvgIpc) is 2.03. The molecule has 0 aliphatic carbocycles. The normalized spacial score (nSPS) is 9.79. The summed E-state index contributed by atoms with van der Waals surface area (Å²) < 4.78 is 4.43. The van der Waals surface area contributed by atoms with Crippen molar-refractivity contribution in [1.29, 1.82) is 0 Å². The third-order valence-corrected chi connectivity index (χ3v) is 1.35. The molecule has 0 saturated carbocycles. The van der Waals surface area contributed by atoms with Gasteiger partial charge in [-0.15, -0.1) is 0 Å². The van der Waals surface area contributed by atoms with Crippen LogP contribution in [0, 0.1) is 0 Å². The number of hydrogen-bond acceptors (Lipinski definition) is 3. The molecule has 0 rings (SSSR count). The summed E-state index contributed by atoms with van der Waals surface area (Å²) in [5.41, 5.74) is 5.70. The maximum atomic E-state index is 10.1. The van der Waals surface area contributed by atoms with E-state index in [1.165, 1.54) is 6.42 Å². The van der Waals surface area contributed by atoms with Crippen LogP contribution < -0.4 is 5.73 Å². The van der Waals surface area contributed by atoms with Gasteiger partial charge in [0.25, 0.3) is 0 Å². The van der Waals surface area contributed by atoms with Crippen molar-refractivity contribution in [1.82, 2.24) is 0 Å². The van der Waals surface area contributed by atoms with E-state index in [9.17, 15) is 4.79 Å². The zero-order chi connectivity index (χ0) is 11.6. The van der Waals surface area contributed by atoms with E-state index in [-0.39, 0.29) is 11.5 Å². The summed E-state index contributed by atoms with van der Waals surface area (Å²) >= 11 is 0. The lowest BCUT2D eigenvalue weighted by Gasteiger charge is -2.15. The molecule has 0 spiro atoms. The maximum Gasteiger partial charge on any atom is 0.330 e. The highest BCUT2D eigenvalue weighted by Gasteiger charge is 2.06. The fraction of sp³-hybridized carbons (Fsp3) is 0.727. The third kappa shape index (κ3) is 17.3. The second kappa shape index (κ2) is 8.75. The molecule has 0 aromatic heterocycles. The lowest BCUT2D eigenvalue weighted by molar-refractivity contribution is -0.137. The quantitative estimate of drug-likeness (QED) is 0.560. The van der Waals surface area contributed by atoms with Crippen LogP contribution >= 0.6 is 0 Å². The molecule has 0 aliphatic heterocycles. The Kier molecular flexibility index (Phi) is 9.78. The van der Waals surface area contributed by atoms with Crippen molar-refractivity contribution < 1.29 is 9.53 Å². The molecule has 3 heteroatoms. The van der Waals surface area contributed by atoms with Gasteiger partial charge in [0.1, 0.15) is 0 Å². The van der Waals surface area contributed by atoms with Gasteiger partial charge in [0.05, 0.1) is 6.61 Å². The smallest absolute Gasteiger partial charge is 0.330 e. The van der Waals surface area contributed by atoms with Gasteiger partial charge in [0, 0.05) is 11.6 Å². The Balaban J connectivity index is 0. The van der Waals surface area contributed by atoms with Crippen LogP contribution in [0.15, 0.2) is 12.7 Å². The molecule has 84 valence electrons. The minimum absolute atomic E-state index is 0.0503. The Morgan fingerprint density at radius 2 is 2.00 bits per heavy atom. The van der Waals surface area contributed by atoms with E-state index in [1.807, 2.05) is 0 Å². The molecule has 0 saturated heterocycles. The van der Waals surface area contributed by atoms with Crippen molar-refractivity contribution in [3.63, 3.8) is 0 Å². The van der Waals surface area contributed by atoms with Gasteiger partial charge in [0.15, 0.2) is 0 Å². The van der Waals surface area contributed by atoms with Crippen molar-refractivity contribution >= 4 is 5.97 Å². The SMILES string of the molecule is C=CC(=O)OCC.CCCC(C)(C)N. The van der Waals surface area contributed by atoms with E-state index < -0.39 is 0 Å². The minimum Gasteiger partial charge on any atom is -0.463 e. The van der Waals surface area contributed by atoms with Crippen LogP contribution in [0.4, 0.5) is 0 Å². The highest BCUT2D eigenvalue weighted by molar-refractivity contribution is 5.81. The number of esters is 1. The number of carbonyl (C=O) groups is 1. The van der Waals surface area contributed by atoms with Gasteiger partial charge in [-0.1, -0.05) is 19.9 Å². The van der Waals surface area contributed by atoms with Gasteiger partial charge in [-0.25, -0.2) is 4.79 Å². The number of hydrogen-bond donors (Lipinski definition) is 1. The topological polar surface area (TPSA) is 52.3 Å². The van der Waals surface area contributed by atoms with Crippen molar-refractivity contribution in [2.75, 3.05) is 6.61 Å². The number of nitrogens with two attached hydrogens (primary N) is 1. The van der Waals surface area contributed by atoms with Crippen molar-refractivity contribution in [2.24, 2.45) is 5.73 Å². The Morgan fingerprint density at radius 1 is 1.50 bits per heavy atom. The van der Waals surface area contributed by atoms with Gasteiger partial charge in [-0.05, 0) is 27.2 Å². The van der Waals surface area contributed by atoms with Crippen LogP contribution in [0.3, 0.4) is 0 Å². The fourth-order valence-corrected chi connectivity index (χ4v) is 0.846. The van der Waals surface area contributed by atoms with Gasteiger partial charge >= 0.3 is 5.97 Å². The first-order valence-electron chi connectivity index (χ1n) is 4.95. The fourth-order valence-electron chi connectivity index (χ4n) is 0.846. The second-order valence-electron chi connectivity index (χ2n) is 3.69. The predicted octanol–water partition coefficient (Wildman–Crippen LogP) is 2.26. The van der Waals surface area contributed by atoms with E-state index in [0.29, 0.717) is 6.61 Å². The molecule has 0 aromatic rings. The average molecular weight is 201 g/mol. The first-order valence-corrected chi connectivity index (χ1v) is 4.95. The third-order valence-electron chi connectivity index (χ3n) is 1.35. The molecule has 0 amide bonds. The van der Waals surface area contributed by atoms with Gasteiger partial charge < -0.3 is 10.5 Å². The first kappa shape index (κ1) is 15.6. The second-order valence-corrected chi connectivity index (χ2v) is 3.69. The lowest BCUT2D eigenvalue weighted by Crippen LogP contribution is -2.31. The van der Waals surface area contributed by atoms with E-state index in [0.717, 1.165) is 12.5 Å². The molecule has 3 nitrogen and oxygen atoms in total. The van der Waals surface area contributed by atoms with E-state index >= 15 is 0 Å². The number of carbonyl (C=O) groups excluding carboxylic acids is 1. The molecule has 0 atom stereocenters. The monoisotopic (exact) mass is 201 g/mol. The molecule has 0 aromatic carbocycles. The summed E-state index contributed by atoms with van der Waals surface area (Å²) in [6, 6.07) is 0. The zero-order valence-corrected chi connectivity index (χ0v) is 9.80. The van der Waals surface area contributed by atoms with Gasteiger partial charge in [-0.3, -0.25) is 0 Å². The molecular weight excluding hydrogens is 178 g/mol. The highest BCUT2D eigenvalue weighted by Crippen LogP contribution is 2.04. The summed E-state index contributed by atoms with van der Waals surface area (Å²) in [5.74, 6) is -0.359. The first-order chi connectivity index (χ1) is 6.37. The lowest BCUT2D eigenvalue weighted by atomic mass is 10.0. The minimum atomic E-state index is -0.359. The molecule has 0 bridgehead atoms. The maximum absolute atomic E-state index is 10.1. The Bertz CT molecular complexity index is 159. The Hall–Kier alpha value is -0.830. The molecule has 14 heavy (non-hydrogen) atoms. The number of rotatable bonds is 4. The Morgan fingerprint density at radius 3 is 2.07 bits per heavy atom. The molecule has 0 heterocycles. The largest absolute Gasteiger partial charge is 0.463 e. The van der Waals surface area contributed by atoms with Crippen molar-refractivity contribution in [2.45, 2.75) is 46.1 Å². The molecule has 0 radical (unpaired) electrons. The van der Waals surface area contributed by atoms with Crippen molar-refractivity contribution in [3.8, 4) is 0 Å². The van der Waals surface area contributed by atoms with Crippen LogP contribution in [0.1, 0.15) is 40.5 Å². The van der Waals surface area contributed by atoms with Crippen LogP contribution in [-0.4, -0.2) is 18.1 Å².